The van der Waals surface area contributed by atoms with Crippen LogP contribution in [0.2, 0.25) is 0 Å². The number of carbonyl (C=O) groups excluding carboxylic acids is 1. The second-order valence-electron chi connectivity index (χ2n) is 6.59. The Labute approximate surface area is 172 Å². The molecule has 0 bridgehead atoms. The molecule has 0 aliphatic heterocycles. The smallest absolute Gasteiger partial charge is 0.262 e. The Hall–Kier alpha value is -4.13. The molecule has 0 saturated carbocycles. The molecule has 30 heavy (non-hydrogen) atoms. The van der Waals surface area contributed by atoms with E-state index in [0.29, 0.717) is 28.2 Å². The maximum Gasteiger partial charge on any atom is 0.262 e. The van der Waals surface area contributed by atoms with Gasteiger partial charge in [-0.3, -0.25) is 4.79 Å². The van der Waals surface area contributed by atoms with E-state index in [4.69, 9.17) is 9.15 Å². The van der Waals surface area contributed by atoms with Crippen molar-refractivity contribution in [1.82, 2.24) is 4.98 Å². The summed E-state index contributed by atoms with van der Waals surface area (Å²) in [5.41, 5.74) is 2.00. The van der Waals surface area contributed by atoms with E-state index in [0.717, 1.165) is 5.69 Å². The topological polar surface area (TPSA) is 97.0 Å². The van der Waals surface area contributed by atoms with E-state index in [-0.39, 0.29) is 16.9 Å². The molecule has 4 rings (SSSR count). The summed E-state index contributed by atoms with van der Waals surface area (Å²) in [6.45, 7) is 1.84. The number of aromatic hydroxyl groups is 1. The highest BCUT2D eigenvalue weighted by Gasteiger charge is 2.15. The van der Waals surface area contributed by atoms with Crippen molar-refractivity contribution in [3.8, 4) is 11.5 Å². The number of amides is 1. The molecule has 0 unspecified atom stereocenters. The second-order valence-corrected chi connectivity index (χ2v) is 6.59. The van der Waals surface area contributed by atoms with Crippen LogP contribution in [0.15, 0.2) is 76.1 Å². The van der Waals surface area contributed by atoms with Crippen molar-refractivity contribution in [3.63, 3.8) is 0 Å². The number of ether oxygens (including phenoxy) is 1. The van der Waals surface area contributed by atoms with Crippen LogP contribution in [0.3, 0.4) is 0 Å². The predicted molar refractivity (Wildman–Crippen MR) is 113 cm³/mol. The molecule has 1 amide bonds. The minimum Gasteiger partial charge on any atom is -0.508 e. The number of carbonyl (C=O) groups is 1. The molecule has 0 radical (unpaired) electrons. The molecule has 2 heterocycles. The van der Waals surface area contributed by atoms with Crippen LogP contribution in [0.4, 0.5) is 11.5 Å². The van der Waals surface area contributed by atoms with Gasteiger partial charge in [0.1, 0.15) is 34.2 Å². The van der Waals surface area contributed by atoms with Gasteiger partial charge in [0, 0.05) is 17.1 Å². The monoisotopic (exact) mass is 401 g/mol. The predicted octanol–water partition coefficient (Wildman–Crippen LogP) is 4.34. The van der Waals surface area contributed by atoms with Gasteiger partial charge in [-0.05, 0) is 49.4 Å². The molecule has 150 valence electrons. The first-order valence-corrected chi connectivity index (χ1v) is 9.23. The quantitative estimate of drug-likeness (QED) is 0.530. The standard InChI is InChI=1S/C23H19N3O4/c1-14-6-5-9-21(24-14)26-22(28)17-12-15-10-11-16(27)13-20(15)30-23(17)25-18-7-3-4-8-19(18)29-2/h3-13,27H,1-2H3,(H,24,26,28). The number of rotatable bonds is 4. The number of pyridine rings is 1. The normalized spacial score (nSPS) is 11.5. The lowest BCUT2D eigenvalue weighted by Crippen LogP contribution is -2.22. The van der Waals surface area contributed by atoms with Gasteiger partial charge >= 0.3 is 0 Å². The van der Waals surface area contributed by atoms with E-state index in [1.807, 2.05) is 31.2 Å². The van der Waals surface area contributed by atoms with Gasteiger partial charge in [0.2, 0.25) is 5.55 Å². The third-order valence-electron chi connectivity index (χ3n) is 4.42. The van der Waals surface area contributed by atoms with Gasteiger partial charge in [-0.25, -0.2) is 9.98 Å². The molecule has 7 nitrogen and oxygen atoms in total. The molecule has 4 aromatic rings. The first-order valence-electron chi connectivity index (χ1n) is 9.23. The Morgan fingerprint density at radius 3 is 2.73 bits per heavy atom. The summed E-state index contributed by atoms with van der Waals surface area (Å²) in [4.78, 5) is 21.9. The van der Waals surface area contributed by atoms with Gasteiger partial charge in [0.05, 0.1) is 7.11 Å². The number of para-hydroxylation sites is 2. The summed E-state index contributed by atoms with van der Waals surface area (Å²) < 4.78 is 11.2. The van der Waals surface area contributed by atoms with Crippen LogP contribution >= 0.6 is 0 Å². The number of benzene rings is 2. The van der Waals surface area contributed by atoms with Crippen LogP contribution < -0.4 is 15.6 Å². The van der Waals surface area contributed by atoms with Gasteiger partial charge in [0.15, 0.2) is 0 Å². The number of hydrogen-bond donors (Lipinski definition) is 2. The summed E-state index contributed by atoms with van der Waals surface area (Å²) in [6.07, 6.45) is 0. The van der Waals surface area contributed by atoms with Crippen molar-refractivity contribution in [2.45, 2.75) is 6.92 Å². The minimum atomic E-state index is -0.416. The molecule has 2 aromatic heterocycles. The molecule has 0 aliphatic carbocycles. The number of aryl methyl sites for hydroxylation is 1. The Morgan fingerprint density at radius 1 is 1.10 bits per heavy atom. The average molecular weight is 401 g/mol. The van der Waals surface area contributed by atoms with Crippen LogP contribution in [0.5, 0.6) is 11.5 Å². The van der Waals surface area contributed by atoms with Gasteiger partial charge < -0.3 is 19.6 Å². The van der Waals surface area contributed by atoms with E-state index in [1.165, 1.54) is 12.1 Å². The number of aromatic nitrogens is 1. The lowest BCUT2D eigenvalue weighted by molar-refractivity contribution is 0.102. The fourth-order valence-corrected chi connectivity index (χ4v) is 2.98. The summed E-state index contributed by atoms with van der Waals surface area (Å²) >= 11 is 0. The van der Waals surface area contributed by atoms with Crippen molar-refractivity contribution in [1.29, 1.82) is 0 Å². The summed E-state index contributed by atoms with van der Waals surface area (Å²) in [5.74, 6) is 0.598. The number of fused-ring (bicyclic) bond motifs is 1. The maximum absolute atomic E-state index is 13.0. The van der Waals surface area contributed by atoms with Crippen molar-refractivity contribution in [2.75, 3.05) is 12.4 Å². The zero-order valence-corrected chi connectivity index (χ0v) is 16.4. The van der Waals surface area contributed by atoms with Crippen molar-refractivity contribution < 1.29 is 19.1 Å². The molecule has 2 N–H and O–H groups in total. The number of nitrogens with one attached hydrogen (secondary N) is 1. The Kier molecular flexibility index (Phi) is 5.17. The largest absolute Gasteiger partial charge is 0.508 e. The molecule has 0 aliphatic rings. The molecule has 0 saturated heterocycles. The van der Waals surface area contributed by atoms with Crippen LogP contribution in [0.1, 0.15) is 16.1 Å². The molecule has 7 heteroatoms. The molecule has 0 fully saturated rings. The first kappa shape index (κ1) is 19.2. The van der Waals surface area contributed by atoms with Crippen LogP contribution in [0, 0.1) is 6.92 Å². The average Bonchev–Trinajstić information content (AvgIpc) is 2.73. The Bertz CT molecular complexity index is 1310. The second kappa shape index (κ2) is 8.08. The third-order valence-corrected chi connectivity index (χ3v) is 4.42. The van der Waals surface area contributed by atoms with Gasteiger partial charge in [-0.1, -0.05) is 18.2 Å². The SMILES string of the molecule is COc1ccccc1N=c1oc2cc(O)ccc2cc1C(=O)Nc1cccc(C)n1. The van der Waals surface area contributed by atoms with E-state index < -0.39 is 5.91 Å². The highest BCUT2D eigenvalue weighted by Crippen LogP contribution is 2.26. The zero-order valence-electron chi connectivity index (χ0n) is 16.4. The number of anilines is 1. The first-order chi connectivity index (χ1) is 14.5. The molecule has 0 atom stereocenters. The number of methoxy groups -OCH3 is 1. The van der Waals surface area contributed by atoms with Crippen LogP contribution in [-0.2, 0) is 0 Å². The number of hydrogen-bond acceptors (Lipinski definition) is 6. The molecular formula is C23H19N3O4. The number of phenolic OH excluding ortho intramolecular Hbond substituents is 1. The van der Waals surface area contributed by atoms with Gasteiger partial charge in [0.25, 0.3) is 5.91 Å². The zero-order chi connectivity index (χ0) is 21.1. The summed E-state index contributed by atoms with van der Waals surface area (Å²) in [5, 5.41) is 13.2. The van der Waals surface area contributed by atoms with Gasteiger partial charge in [-0.2, -0.15) is 0 Å². The lowest BCUT2D eigenvalue weighted by atomic mass is 10.1. The fourth-order valence-electron chi connectivity index (χ4n) is 2.98. The maximum atomic E-state index is 13.0. The van der Waals surface area contributed by atoms with Crippen molar-refractivity contribution >= 4 is 28.4 Å². The number of phenols is 1. The van der Waals surface area contributed by atoms with E-state index in [9.17, 15) is 9.90 Å². The Morgan fingerprint density at radius 2 is 1.93 bits per heavy atom. The van der Waals surface area contributed by atoms with Gasteiger partial charge in [-0.15, -0.1) is 0 Å². The van der Waals surface area contributed by atoms with Crippen LogP contribution in [-0.4, -0.2) is 23.1 Å². The molecule has 2 aromatic carbocycles. The molecular weight excluding hydrogens is 382 g/mol. The summed E-state index contributed by atoms with van der Waals surface area (Å²) in [7, 11) is 1.54. The van der Waals surface area contributed by atoms with Crippen molar-refractivity contribution in [2.24, 2.45) is 4.99 Å². The van der Waals surface area contributed by atoms with Crippen molar-refractivity contribution in [3.05, 3.63) is 83.5 Å². The fraction of sp³-hybridized carbons (Fsp3) is 0.0870. The lowest BCUT2D eigenvalue weighted by Gasteiger charge is -2.08. The van der Waals surface area contributed by atoms with Crippen LogP contribution in [0.25, 0.3) is 11.0 Å². The summed E-state index contributed by atoms with van der Waals surface area (Å²) in [6, 6.07) is 18.8. The number of nitrogens with zero attached hydrogens (tertiary/aromatic N) is 2. The highest BCUT2D eigenvalue weighted by atomic mass is 16.5. The van der Waals surface area contributed by atoms with E-state index >= 15 is 0 Å². The Balaban J connectivity index is 1.88. The van der Waals surface area contributed by atoms with E-state index in [1.54, 1.807) is 37.4 Å². The third kappa shape index (κ3) is 4.00. The highest BCUT2D eigenvalue weighted by molar-refractivity contribution is 6.05. The van der Waals surface area contributed by atoms with E-state index in [2.05, 4.69) is 15.3 Å². The molecule has 0 spiro atoms. The minimum absolute atomic E-state index is 0.0515.